The summed E-state index contributed by atoms with van der Waals surface area (Å²) in [6.45, 7) is 0.837. The maximum Gasteiger partial charge on any atom is 0.204 e. The molecule has 1 aromatic rings. The molecule has 0 aliphatic heterocycles. The van der Waals surface area contributed by atoms with Gasteiger partial charge in [0.25, 0.3) is 0 Å². The zero-order chi connectivity index (χ0) is 12.4. The van der Waals surface area contributed by atoms with Crippen molar-refractivity contribution >= 4 is 11.6 Å². The number of nitrogens with two attached hydrogens (primary N) is 1. The van der Waals surface area contributed by atoms with Gasteiger partial charge in [0.1, 0.15) is 6.33 Å². The number of anilines is 2. The van der Waals surface area contributed by atoms with E-state index in [9.17, 15) is 5.11 Å². The second-order valence-electron chi connectivity index (χ2n) is 4.49. The van der Waals surface area contributed by atoms with Crippen LogP contribution in [0.3, 0.4) is 0 Å². The normalized spacial score (nSPS) is 23.0. The van der Waals surface area contributed by atoms with E-state index in [1.807, 2.05) is 11.9 Å². The number of rotatable bonds is 4. The third-order valence-electron chi connectivity index (χ3n) is 3.12. The number of aliphatic hydroxyl groups excluding tert-OH is 1. The van der Waals surface area contributed by atoms with Crippen molar-refractivity contribution in [3.8, 4) is 5.75 Å². The molecule has 94 valence electrons. The Hall–Kier alpha value is -1.56. The van der Waals surface area contributed by atoms with E-state index in [0.717, 1.165) is 19.4 Å². The zero-order valence-electron chi connectivity index (χ0n) is 10.1. The van der Waals surface area contributed by atoms with Crippen LogP contribution in [-0.4, -0.2) is 41.9 Å². The van der Waals surface area contributed by atoms with Crippen LogP contribution in [0.15, 0.2) is 6.33 Å². The van der Waals surface area contributed by atoms with Crippen molar-refractivity contribution in [1.29, 1.82) is 0 Å². The van der Waals surface area contributed by atoms with Crippen molar-refractivity contribution in [1.82, 2.24) is 9.97 Å². The smallest absolute Gasteiger partial charge is 0.204 e. The van der Waals surface area contributed by atoms with Gasteiger partial charge >= 0.3 is 0 Å². The number of hydrogen-bond acceptors (Lipinski definition) is 6. The van der Waals surface area contributed by atoms with Crippen LogP contribution in [0.1, 0.15) is 12.8 Å². The molecular formula is C11H18N4O2. The molecule has 3 N–H and O–H groups in total. The standard InChI is InChI=1S/C11H18N4O2/c1-15(5-7-3-8(16)4-7)11-9(17-2)10(12)13-6-14-11/h6-8,16H,3-5H2,1-2H3,(H2,12,13,14). The molecule has 1 heterocycles. The third kappa shape index (κ3) is 2.41. The quantitative estimate of drug-likeness (QED) is 0.783. The van der Waals surface area contributed by atoms with Crippen LogP contribution in [0, 0.1) is 5.92 Å². The van der Waals surface area contributed by atoms with E-state index in [0.29, 0.717) is 23.3 Å². The topological polar surface area (TPSA) is 84.5 Å². The molecule has 6 heteroatoms. The fourth-order valence-electron chi connectivity index (χ4n) is 2.17. The summed E-state index contributed by atoms with van der Waals surface area (Å²) in [6.07, 6.45) is 3.01. The number of ether oxygens (including phenoxy) is 1. The Kier molecular flexibility index (Phi) is 3.33. The van der Waals surface area contributed by atoms with E-state index in [1.165, 1.54) is 6.33 Å². The van der Waals surface area contributed by atoms with Gasteiger partial charge in [-0.25, -0.2) is 9.97 Å². The number of methoxy groups -OCH3 is 1. The van der Waals surface area contributed by atoms with Crippen LogP contribution >= 0.6 is 0 Å². The van der Waals surface area contributed by atoms with Crippen LogP contribution in [0.5, 0.6) is 5.75 Å². The van der Waals surface area contributed by atoms with Crippen LogP contribution < -0.4 is 15.4 Å². The summed E-state index contributed by atoms with van der Waals surface area (Å²) in [6, 6.07) is 0. The fourth-order valence-corrected chi connectivity index (χ4v) is 2.17. The number of aromatic nitrogens is 2. The first-order valence-corrected chi connectivity index (χ1v) is 5.65. The van der Waals surface area contributed by atoms with Crippen molar-refractivity contribution in [3.05, 3.63) is 6.33 Å². The first-order chi connectivity index (χ1) is 8.11. The highest BCUT2D eigenvalue weighted by Gasteiger charge is 2.29. The van der Waals surface area contributed by atoms with Crippen molar-refractivity contribution in [3.63, 3.8) is 0 Å². The van der Waals surface area contributed by atoms with Gasteiger partial charge in [0.05, 0.1) is 13.2 Å². The molecule has 17 heavy (non-hydrogen) atoms. The SMILES string of the molecule is COc1c(N)ncnc1N(C)CC1CC(O)C1. The monoisotopic (exact) mass is 238 g/mol. The average molecular weight is 238 g/mol. The predicted molar refractivity (Wildman–Crippen MR) is 65.0 cm³/mol. The second kappa shape index (κ2) is 4.75. The molecule has 2 rings (SSSR count). The Bertz CT molecular complexity index is 393. The van der Waals surface area contributed by atoms with Gasteiger partial charge in [-0.2, -0.15) is 0 Å². The molecule has 1 aromatic heterocycles. The van der Waals surface area contributed by atoms with Gasteiger partial charge in [0.15, 0.2) is 11.6 Å². The molecule has 0 spiro atoms. The van der Waals surface area contributed by atoms with E-state index < -0.39 is 0 Å². The van der Waals surface area contributed by atoms with Crippen LogP contribution in [0.2, 0.25) is 0 Å². The molecule has 6 nitrogen and oxygen atoms in total. The highest BCUT2D eigenvalue weighted by atomic mass is 16.5. The maximum absolute atomic E-state index is 9.26. The minimum Gasteiger partial charge on any atom is -0.490 e. The van der Waals surface area contributed by atoms with E-state index in [1.54, 1.807) is 7.11 Å². The lowest BCUT2D eigenvalue weighted by molar-refractivity contribution is 0.0464. The highest BCUT2D eigenvalue weighted by Crippen LogP contribution is 2.33. The molecule has 0 bridgehead atoms. The van der Waals surface area contributed by atoms with Crippen molar-refractivity contribution in [2.24, 2.45) is 5.92 Å². The fraction of sp³-hybridized carbons (Fsp3) is 0.636. The summed E-state index contributed by atoms with van der Waals surface area (Å²) in [5.74, 6) is 2.06. The first-order valence-electron chi connectivity index (χ1n) is 5.65. The van der Waals surface area contributed by atoms with Crippen LogP contribution in [0.4, 0.5) is 11.6 Å². The van der Waals surface area contributed by atoms with Gasteiger partial charge in [-0.3, -0.25) is 0 Å². The Morgan fingerprint density at radius 2 is 2.24 bits per heavy atom. The van der Waals surface area contributed by atoms with Crippen LogP contribution in [-0.2, 0) is 0 Å². The molecule has 0 amide bonds. The van der Waals surface area contributed by atoms with E-state index in [-0.39, 0.29) is 6.10 Å². The van der Waals surface area contributed by atoms with Crippen molar-refractivity contribution in [2.75, 3.05) is 31.3 Å². The number of hydrogen-bond donors (Lipinski definition) is 2. The molecule has 0 unspecified atom stereocenters. The summed E-state index contributed by atoms with van der Waals surface area (Å²) in [7, 11) is 3.49. The van der Waals surface area contributed by atoms with Crippen molar-refractivity contribution in [2.45, 2.75) is 18.9 Å². The first kappa shape index (κ1) is 11.9. The minimum absolute atomic E-state index is 0.134. The molecule has 0 atom stereocenters. The summed E-state index contributed by atoms with van der Waals surface area (Å²) in [5.41, 5.74) is 5.73. The Morgan fingerprint density at radius 3 is 2.82 bits per heavy atom. The Labute approximate surface area is 100 Å². The van der Waals surface area contributed by atoms with E-state index in [2.05, 4.69) is 9.97 Å². The lowest BCUT2D eigenvalue weighted by Crippen LogP contribution is -2.37. The third-order valence-corrected chi connectivity index (χ3v) is 3.12. The summed E-state index contributed by atoms with van der Waals surface area (Å²) in [5, 5.41) is 9.26. The number of nitrogen functional groups attached to an aromatic ring is 1. The predicted octanol–water partition coefficient (Wildman–Crippen LogP) is 0.274. The number of aliphatic hydroxyl groups is 1. The molecule has 0 aromatic carbocycles. The molecule has 1 saturated carbocycles. The molecule has 1 aliphatic rings. The molecule has 1 fully saturated rings. The van der Waals surface area contributed by atoms with Gasteiger partial charge in [0.2, 0.25) is 5.75 Å². The Morgan fingerprint density at radius 1 is 1.53 bits per heavy atom. The van der Waals surface area contributed by atoms with E-state index in [4.69, 9.17) is 10.5 Å². The molecule has 0 saturated heterocycles. The largest absolute Gasteiger partial charge is 0.490 e. The van der Waals surface area contributed by atoms with Gasteiger partial charge in [-0.05, 0) is 18.8 Å². The lowest BCUT2D eigenvalue weighted by atomic mass is 9.82. The van der Waals surface area contributed by atoms with Gasteiger partial charge in [0, 0.05) is 13.6 Å². The van der Waals surface area contributed by atoms with Gasteiger partial charge < -0.3 is 20.5 Å². The summed E-state index contributed by atoms with van der Waals surface area (Å²) >= 11 is 0. The van der Waals surface area contributed by atoms with Gasteiger partial charge in [-0.1, -0.05) is 0 Å². The molecular weight excluding hydrogens is 220 g/mol. The van der Waals surface area contributed by atoms with Crippen LogP contribution in [0.25, 0.3) is 0 Å². The molecule has 0 radical (unpaired) electrons. The average Bonchev–Trinajstić information content (AvgIpc) is 2.26. The number of nitrogens with zero attached hydrogens (tertiary/aromatic N) is 3. The maximum atomic E-state index is 9.26. The van der Waals surface area contributed by atoms with E-state index >= 15 is 0 Å². The summed E-state index contributed by atoms with van der Waals surface area (Å²) in [4.78, 5) is 10.1. The van der Waals surface area contributed by atoms with Gasteiger partial charge in [-0.15, -0.1) is 0 Å². The second-order valence-corrected chi connectivity index (χ2v) is 4.49. The lowest BCUT2D eigenvalue weighted by Gasteiger charge is -2.35. The highest BCUT2D eigenvalue weighted by molar-refractivity contribution is 5.62. The summed E-state index contributed by atoms with van der Waals surface area (Å²) < 4.78 is 5.21. The van der Waals surface area contributed by atoms with Crippen molar-refractivity contribution < 1.29 is 9.84 Å². The Balaban J connectivity index is 2.08. The molecule has 1 aliphatic carbocycles. The zero-order valence-corrected chi connectivity index (χ0v) is 10.1. The minimum atomic E-state index is -0.134.